The van der Waals surface area contributed by atoms with E-state index in [1.54, 1.807) is 7.11 Å². The van der Waals surface area contributed by atoms with Crippen LogP contribution in [0.4, 0.5) is 0 Å². The second-order valence-electron chi connectivity index (χ2n) is 6.72. The highest BCUT2D eigenvalue weighted by Gasteiger charge is 2.20. The van der Waals surface area contributed by atoms with E-state index in [1.165, 1.54) is 28.2 Å². The van der Waals surface area contributed by atoms with E-state index >= 15 is 0 Å². The number of rotatable bonds is 5. The molecule has 0 unspecified atom stereocenters. The smallest absolute Gasteiger partial charge is 0.279 e. The average molecular weight is 372 g/mol. The van der Waals surface area contributed by atoms with E-state index in [4.69, 9.17) is 4.74 Å². The van der Waals surface area contributed by atoms with Gasteiger partial charge in [0, 0.05) is 11.3 Å². The topological polar surface area (TPSA) is 67.4 Å². The zero-order valence-electron chi connectivity index (χ0n) is 15.1. The van der Waals surface area contributed by atoms with Crippen LogP contribution >= 0.6 is 11.3 Å². The van der Waals surface area contributed by atoms with Crippen molar-refractivity contribution in [2.24, 2.45) is 5.92 Å². The highest BCUT2D eigenvalue weighted by molar-refractivity contribution is 7.14. The van der Waals surface area contributed by atoms with Crippen molar-refractivity contribution in [3.63, 3.8) is 0 Å². The van der Waals surface area contributed by atoms with Crippen molar-refractivity contribution >= 4 is 23.2 Å². The number of thiophene rings is 1. The van der Waals surface area contributed by atoms with Gasteiger partial charge in [-0.05, 0) is 54.9 Å². The van der Waals surface area contributed by atoms with Crippen LogP contribution in [-0.4, -0.2) is 18.9 Å². The second kappa shape index (κ2) is 8.36. The van der Waals surface area contributed by atoms with Gasteiger partial charge in [0.05, 0.1) is 12.0 Å². The summed E-state index contributed by atoms with van der Waals surface area (Å²) >= 11 is 1.53. The number of hydrogen-bond acceptors (Lipinski definition) is 4. The largest absolute Gasteiger partial charge is 0.496 e. The van der Waals surface area contributed by atoms with Crippen molar-refractivity contribution in [2.75, 3.05) is 7.11 Å². The summed E-state index contributed by atoms with van der Waals surface area (Å²) in [5.74, 6) is 0.965. The number of hydrazine groups is 1. The highest BCUT2D eigenvalue weighted by atomic mass is 32.1. The molecule has 0 bridgehead atoms. The molecule has 1 aromatic heterocycles. The van der Waals surface area contributed by atoms with Crippen LogP contribution in [0.25, 0.3) is 0 Å². The molecule has 1 aromatic carbocycles. The minimum Gasteiger partial charge on any atom is -0.496 e. The number of ether oxygens (including phenoxy) is 1. The fraction of sp³-hybridized carbons (Fsp3) is 0.400. The summed E-state index contributed by atoms with van der Waals surface area (Å²) in [5, 5.41) is 0. The van der Waals surface area contributed by atoms with E-state index in [2.05, 4.69) is 17.8 Å². The first-order chi connectivity index (χ1) is 12.6. The summed E-state index contributed by atoms with van der Waals surface area (Å²) in [4.78, 5) is 26.3. The van der Waals surface area contributed by atoms with E-state index in [-0.39, 0.29) is 18.2 Å². The van der Waals surface area contributed by atoms with E-state index in [1.807, 2.05) is 30.3 Å². The van der Waals surface area contributed by atoms with Crippen LogP contribution in [0.1, 0.15) is 45.4 Å². The number of methoxy groups -OCH3 is 1. The van der Waals surface area contributed by atoms with Gasteiger partial charge in [-0.1, -0.05) is 25.1 Å². The van der Waals surface area contributed by atoms with Crippen LogP contribution in [0, 0.1) is 5.92 Å². The fourth-order valence-corrected chi connectivity index (χ4v) is 4.33. The Morgan fingerprint density at radius 1 is 1.27 bits per heavy atom. The maximum Gasteiger partial charge on any atom is 0.279 e. The predicted molar refractivity (Wildman–Crippen MR) is 102 cm³/mol. The first-order valence-electron chi connectivity index (χ1n) is 8.89. The van der Waals surface area contributed by atoms with Crippen LogP contribution in [0.15, 0.2) is 30.3 Å². The van der Waals surface area contributed by atoms with Gasteiger partial charge in [-0.25, -0.2) is 0 Å². The maximum absolute atomic E-state index is 12.3. The van der Waals surface area contributed by atoms with Gasteiger partial charge in [-0.3, -0.25) is 20.4 Å². The molecule has 1 heterocycles. The van der Waals surface area contributed by atoms with Crippen molar-refractivity contribution in [1.29, 1.82) is 0 Å². The lowest BCUT2D eigenvalue weighted by molar-refractivity contribution is -0.121. The second-order valence-corrected chi connectivity index (χ2v) is 7.86. The van der Waals surface area contributed by atoms with Crippen molar-refractivity contribution in [3.05, 3.63) is 51.2 Å². The molecule has 1 aliphatic carbocycles. The maximum atomic E-state index is 12.3. The summed E-state index contributed by atoms with van der Waals surface area (Å²) in [5.41, 5.74) is 7.28. The molecule has 3 rings (SSSR count). The molecule has 1 atom stereocenters. The molecule has 2 aromatic rings. The normalized spacial score (nSPS) is 15.8. The molecule has 1 aliphatic rings. The quantitative estimate of drug-likeness (QED) is 0.792. The monoisotopic (exact) mass is 372 g/mol. The molecule has 6 heteroatoms. The molecule has 0 fully saturated rings. The SMILES string of the molecule is COc1ccccc1CCC(=O)NNC(=O)c1cc2c(s1)CC[C@@H](C)C2. The lowest BCUT2D eigenvalue weighted by atomic mass is 9.90. The van der Waals surface area contributed by atoms with Crippen LogP contribution in [0.5, 0.6) is 5.75 Å². The van der Waals surface area contributed by atoms with Crippen LogP contribution in [0.2, 0.25) is 0 Å². The molecule has 2 amide bonds. The third-order valence-electron chi connectivity index (χ3n) is 4.68. The molecular formula is C20H24N2O3S. The lowest BCUT2D eigenvalue weighted by Gasteiger charge is -2.16. The zero-order chi connectivity index (χ0) is 18.5. The minimum absolute atomic E-state index is 0.223. The number of nitrogens with one attached hydrogen (secondary N) is 2. The molecule has 0 saturated carbocycles. The number of para-hydroxylation sites is 1. The Kier molecular flexibility index (Phi) is 5.93. The molecule has 0 aliphatic heterocycles. The van der Waals surface area contributed by atoms with Gasteiger partial charge in [-0.2, -0.15) is 0 Å². The molecule has 0 saturated heterocycles. The third-order valence-corrected chi connectivity index (χ3v) is 5.92. The summed E-state index contributed by atoms with van der Waals surface area (Å²) in [6, 6.07) is 9.57. The van der Waals surface area contributed by atoms with Gasteiger partial charge in [0.2, 0.25) is 5.91 Å². The third kappa shape index (κ3) is 4.43. The molecule has 0 spiro atoms. The molecule has 138 valence electrons. The zero-order valence-corrected chi connectivity index (χ0v) is 15.9. The highest BCUT2D eigenvalue weighted by Crippen LogP contribution is 2.32. The first kappa shape index (κ1) is 18.5. The molecular weight excluding hydrogens is 348 g/mol. The van der Waals surface area contributed by atoms with Gasteiger partial charge < -0.3 is 4.74 Å². The van der Waals surface area contributed by atoms with E-state index in [0.29, 0.717) is 17.2 Å². The van der Waals surface area contributed by atoms with Crippen LogP contribution in [-0.2, 0) is 24.1 Å². The average Bonchev–Trinajstić information content (AvgIpc) is 3.07. The molecule has 26 heavy (non-hydrogen) atoms. The summed E-state index contributed by atoms with van der Waals surface area (Å²) < 4.78 is 5.28. The Morgan fingerprint density at radius 3 is 2.88 bits per heavy atom. The van der Waals surface area contributed by atoms with E-state index in [0.717, 1.165) is 24.2 Å². The van der Waals surface area contributed by atoms with Gasteiger partial charge in [0.1, 0.15) is 5.75 Å². The van der Waals surface area contributed by atoms with Crippen LogP contribution < -0.4 is 15.6 Å². The van der Waals surface area contributed by atoms with Crippen molar-refractivity contribution in [1.82, 2.24) is 10.9 Å². The number of carbonyl (C=O) groups is 2. The van der Waals surface area contributed by atoms with Crippen molar-refractivity contribution < 1.29 is 14.3 Å². The standard InChI is InChI=1S/C20H24N2O3S/c1-13-7-9-17-15(11-13)12-18(26-17)20(24)22-21-19(23)10-8-14-5-3-4-6-16(14)25-2/h3-6,12-13H,7-11H2,1-2H3,(H,21,23)(H,22,24)/t13-/m1/s1. The number of aryl methyl sites for hydroxylation is 2. The summed E-state index contributed by atoms with van der Waals surface area (Å²) in [6.45, 7) is 2.24. The number of amides is 2. The van der Waals surface area contributed by atoms with Gasteiger partial charge >= 0.3 is 0 Å². The summed E-state index contributed by atoms with van der Waals surface area (Å²) in [7, 11) is 1.61. The Bertz CT molecular complexity index is 800. The van der Waals surface area contributed by atoms with Gasteiger partial charge in [0.25, 0.3) is 5.91 Å². The van der Waals surface area contributed by atoms with Gasteiger partial charge in [0.15, 0.2) is 0 Å². The molecule has 0 radical (unpaired) electrons. The lowest BCUT2D eigenvalue weighted by Crippen LogP contribution is -2.41. The van der Waals surface area contributed by atoms with Crippen molar-refractivity contribution in [2.45, 2.75) is 39.0 Å². The van der Waals surface area contributed by atoms with E-state index < -0.39 is 0 Å². The molecule has 5 nitrogen and oxygen atoms in total. The Balaban J connectivity index is 1.49. The number of carbonyl (C=O) groups excluding carboxylic acids is 2. The van der Waals surface area contributed by atoms with Gasteiger partial charge in [-0.15, -0.1) is 11.3 Å². The number of hydrogen-bond donors (Lipinski definition) is 2. The van der Waals surface area contributed by atoms with Crippen LogP contribution in [0.3, 0.4) is 0 Å². The summed E-state index contributed by atoms with van der Waals surface area (Å²) in [6.07, 6.45) is 4.08. The Labute approximate surface area is 157 Å². The molecule has 2 N–H and O–H groups in total. The number of fused-ring (bicyclic) bond motifs is 1. The first-order valence-corrected chi connectivity index (χ1v) is 9.71. The fourth-order valence-electron chi connectivity index (χ4n) is 3.23. The number of benzene rings is 1. The Hall–Kier alpha value is -2.34. The predicted octanol–water partition coefficient (Wildman–Crippen LogP) is 3.28. The van der Waals surface area contributed by atoms with E-state index in [9.17, 15) is 9.59 Å². The Morgan fingerprint density at radius 2 is 2.08 bits per heavy atom. The minimum atomic E-state index is -0.248. The van der Waals surface area contributed by atoms with Crippen molar-refractivity contribution in [3.8, 4) is 5.75 Å².